The fourth-order valence-corrected chi connectivity index (χ4v) is 6.50. The molecule has 0 saturated heterocycles. The SMILES string of the molecule is CC(C)(C)OC(=O)CC[C@]1(C(=O)NNCCSCc2ccc(F)cc2)N=C(c2ccc(OCCCO)cc2)O[C@H]1c1ccc(-c2ccccc2)cc1. The Morgan fingerprint density at radius 2 is 1.60 bits per heavy atom. The molecule has 11 heteroatoms. The third kappa shape index (κ3) is 10.7. The Hall–Kier alpha value is -4.71. The molecule has 3 N–H and O–H groups in total. The van der Waals surface area contributed by atoms with Crippen LogP contribution in [0.2, 0.25) is 0 Å². The number of carbonyl (C=O) groups is 2. The van der Waals surface area contributed by atoms with Crippen molar-refractivity contribution in [3.05, 3.63) is 126 Å². The first-order valence-electron chi connectivity index (χ1n) is 17.4. The number of nitrogens with zero attached hydrogens (tertiary/aromatic N) is 1. The number of nitrogens with one attached hydrogen (secondary N) is 2. The van der Waals surface area contributed by atoms with Crippen LogP contribution in [0.3, 0.4) is 0 Å². The first-order chi connectivity index (χ1) is 25.1. The molecule has 52 heavy (non-hydrogen) atoms. The number of esters is 1. The number of halogens is 1. The fourth-order valence-electron chi connectivity index (χ4n) is 5.68. The molecule has 0 aromatic heterocycles. The van der Waals surface area contributed by atoms with E-state index >= 15 is 0 Å². The van der Waals surface area contributed by atoms with Gasteiger partial charge in [0.25, 0.3) is 5.91 Å². The van der Waals surface area contributed by atoms with Crippen LogP contribution in [0.1, 0.15) is 62.8 Å². The van der Waals surface area contributed by atoms with E-state index in [0.29, 0.717) is 42.4 Å². The van der Waals surface area contributed by atoms with Crippen molar-refractivity contribution in [3.8, 4) is 16.9 Å². The summed E-state index contributed by atoms with van der Waals surface area (Å²) < 4.78 is 31.2. The number of amides is 1. The molecule has 1 aliphatic rings. The standard InChI is InChI=1S/C41H46FN3O6S/c1-40(2,3)51-36(47)22-23-41(39(48)45-43-24-27-52-28-29-10-18-34(42)19-11-29)37(32-14-12-31(13-15-32)30-8-5-4-6-9-30)50-38(44-41)33-16-20-35(21-17-33)49-26-7-25-46/h4-6,8-21,37,43,46H,7,22-28H2,1-3H3,(H,45,48)/t37-,41-/m0/s1. The minimum Gasteiger partial charge on any atom is -0.494 e. The minimum absolute atomic E-state index is 0.0195. The number of benzene rings is 4. The number of aliphatic hydroxyl groups excluding tert-OH is 1. The second-order valence-corrected chi connectivity index (χ2v) is 14.5. The van der Waals surface area contributed by atoms with Gasteiger partial charge in [0.05, 0.1) is 6.61 Å². The van der Waals surface area contributed by atoms with Crippen molar-refractivity contribution in [1.82, 2.24) is 10.9 Å². The van der Waals surface area contributed by atoms with Crippen LogP contribution in [0.4, 0.5) is 4.39 Å². The van der Waals surface area contributed by atoms with Gasteiger partial charge in [0.1, 0.15) is 17.2 Å². The molecule has 1 amide bonds. The lowest BCUT2D eigenvalue weighted by Gasteiger charge is -2.31. The molecule has 0 bridgehead atoms. The van der Waals surface area contributed by atoms with Gasteiger partial charge in [-0.25, -0.2) is 14.8 Å². The number of hydrazine groups is 1. The molecule has 4 aromatic carbocycles. The van der Waals surface area contributed by atoms with Crippen molar-refractivity contribution in [3.63, 3.8) is 0 Å². The maximum Gasteiger partial charge on any atom is 0.306 e. The van der Waals surface area contributed by atoms with E-state index in [1.165, 1.54) is 12.1 Å². The Morgan fingerprint density at radius 1 is 0.923 bits per heavy atom. The van der Waals surface area contributed by atoms with Crippen LogP contribution in [-0.2, 0) is 24.8 Å². The molecule has 0 spiro atoms. The molecule has 274 valence electrons. The first-order valence-corrected chi connectivity index (χ1v) is 18.5. The summed E-state index contributed by atoms with van der Waals surface area (Å²) >= 11 is 1.64. The molecule has 0 unspecified atom stereocenters. The lowest BCUT2D eigenvalue weighted by atomic mass is 9.83. The van der Waals surface area contributed by atoms with E-state index in [1.807, 2.05) is 54.6 Å². The summed E-state index contributed by atoms with van der Waals surface area (Å²) in [6, 6.07) is 31.4. The summed E-state index contributed by atoms with van der Waals surface area (Å²) in [5, 5.41) is 9.10. The van der Waals surface area contributed by atoms with Crippen molar-refractivity contribution >= 4 is 29.5 Å². The lowest BCUT2D eigenvalue weighted by molar-refractivity contribution is -0.155. The van der Waals surface area contributed by atoms with Gasteiger partial charge < -0.3 is 19.3 Å². The zero-order valence-electron chi connectivity index (χ0n) is 29.8. The molecular formula is C41H46FN3O6S. The molecule has 4 aromatic rings. The summed E-state index contributed by atoms with van der Waals surface area (Å²) in [6.45, 7) is 6.26. The van der Waals surface area contributed by atoms with Gasteiger partial charge in [-0.3, -0.25) is 15.0 Å². The predicted molar refractivity (Wildman–Crippen MR) is 202 cm³/mol. The highest BCUT2D eigenvalue weighted by Gasteiger charge is 2.53. The van der Waals surface area contributed by atoms with Gasteiger partial charge in [-0.15, -0.1) is 0 Å². The molecule has 0 fully saturated rings. The average molecular weight is 728 g/mol. The van der Waals surface area contributed by atoms with Crippen molar-refractivity contribution in [2.45, 2.75) is 63.0 Å². The monoisotopic (exact) mass is 727 g/mol. The highest BCUT2D eigenvalue weighted by atomic mass is 32.2. The second-order valence-electron chi connectivity index (χ2n) is 13.4. The van der Waals surface area contributed by atoms with Crippen LogP contribution in [0.15, 0.2) is 108 Å². The van der Waals surface area contributed by atoms with E-state index < -0.39 is 29.1 Å². The third-order valence-electron chi connectivity index (χ3n) is 8.24. The smallest absolute Gasteiger partial charge is 0.306 e. The molecular weight excluding hydrogens is 682 g/mol. The van der Waals surface area contributed by atoms with E-state index in [0.717, 1.165) is 22.3 Å². The largest absolute Gasteiger partial charge is 0.494 e. The van der Waals surface area contributed by atoms with Crippen molar-refractivity contribution in [1.29, 1.82) is 0 Å². The molecule has 0 radical (unpaired) electrons. The summed E-state index contributed by atoms with van der Waals surface area (Å²) in [5.74, 6) is 1.08. The van der Waals surface area contributed by atoms with Gasteiger partial charge in [0.2, 0.25) is 5.90 Å². The Morgan fingerprint density at radius 3 is 2.27 bits per heavy atom. The highest BCUT2D eigenvalue weighted by Crippen LogP contribution is 2.44. The summed E-state index contributed by atoms with van der Waals surface area (Å²) in [4.78, 5) is 32.5. The number of rotatable bonds is 17. The van der Waals surface area contributed by atoms with E-state index in [1.54, 1.807) is 68.9 Å². The van der Waals surface area contributed by atoms with Gasteiger partial charge in [0.15, 0.2) is 11.6 Å². The second kappa shape index (κ2) is 18.2. The maximum absolute atomic E-state index is 14.4. The quantitative estimate of drug-likeness (QED) is 0.0595. The van der Waals surface area contributed by atoms with Crippen LogP contribution < -0.4 is 15.6 Å². The van der Waals surface area contributed by atoms with Crippen LogP contribution in [0.25, 0.3) is 11.1 Å². The number of aliphatic hydroxyl groups is 1. The van der Waals surface area contributed by atoms with Crippen molar-refractivity contribution in [2.24, 2.45) is 4.99 Å². The van der Waals surface area contributed by atoms with Gasteiger partial charge in [-0.05, 0) is 85.8 Å². The van der Waals surface area contributed by atoms with Crippen LogP contribution in [0.5, 0.6) is 5.75 Å². The van der Waals surface area contributed by atoms with E-state index in [2.05, 4.69) is 10.9 Å². The van der Waals surface area contributed by atoms with Gasteiger partial charge in [-0.2, -0.15) is 11.8 Å². The zero-order chi connectivity index (χ0) is 37.0. The first kappa shape index (κ1) is 38.5. The topological polar surface area (TPSA) is 118 Å². The third-order valence-corrected chi connectivity index (χ3v) is 9.27. The number of carbonyl (C=O) groups excluding carboxylic acids is 2. The molecule has 9 nitrogen and oxygen atoms in total. The summed E-state index contributed by atoms with van der Waals surface area (Å²) in [6.07, 6.45) is -0.413. The summed E-state index contributed by atoms with van der Waals surface area (Å²) in [7, 11) is 0. The number of thioether (sulfide) groups is 1. The molecule has 0 aliphatic carbocycles. The van der Waals surface area contributed by atoms with Gasteiger partial charge in [0, 0.05) is 43.1 Å². The molecule has 2 atom stereocenters. The minimum atomic E-state index is -1.54. The summed E-state index contributed by atoms with van der Waals surface area (Å²) in [5.41, 5.74) is 8.08. The lowest BCUT2D eigenvalue weighted by Crippen LogP contribution is -2.53. The van der Waals surface area contributed by atoms with Crippen LogP contribution >= 0.6 is 11.8 Å². The Kier molecular flexibility index (Phi) is 13.5. The average Bonchev–Trinajstić information content (AvgIpc) is 3.54. The van der Waals surface area contributed by atoms with Crippen LogP contribution in [0, 0.1) is 5.82 Å². The maximum atomic E-state index is 14.4. The highest BCUT2D eigenvalue weighted by molar-refractivity contribution is 7.98. The molecule has 5 rings (SSSR count). The fraction of sp³-hybridized carbons (Fsp3) is 0.341. The van der Waals surface area contributed by atoms with Gasteiger partial charge >= 0.3 is 5.97 Å². The number of ether oxygens (including phenoxy) is 3. The predicted octanol–water partition coefficient (Wildman–Crippen LogP) is 7.19. The zero-order valence-corrected chi connectivity index (χ0v) is 30.6. The number of hydrogen-bond donors (Lipinski definition) is 3. The Labute approximate surface area is 309 Å². The molecule has 1 aliphatic heterocycles. The number of hydrogen-bond acceptors (Lipinski definition) is 9. The number of aliphatic imine (C=N–C) groups is 1. The molecule has 0 saturated carbocycles. The Balaban J connectivity index is 1.41. The van der Waals surface area contributed by atoms with Crippen LogP contribution in [-0.4, -0.2) is 59.5 Å². The van der Waals surface area contributed by atoms with E-state index in [-0.39, 0.29) is 31.2 Å². The van der Waals surface area contributed by atoms with Crippen molar-refractivity contribution < 1.29 is 33.3 Å². The van der Waals surface area contributed by atoms with E-state index in [4.69, 9.17) is 24.3 Å². The molecule has 1 heterocycles. The Bertz CT molecular complexity index is 1780. The van der Waals surface area contributed by atoms with E-state index in [9.17, 15) is 14.0 Å². The normalized spacial score (nSPS) is 16.9. The van der Waals surface area contributed by atoms with Crippen molar-refractivity contribution in [2.75, 3.05) is 25.5 Å². The van der Waals surface area contributed by atoms with Gasteiger partial charge in [-0.1, -0.05) is 66.7 Å².